The summed E-state index contributed by atoms with van der Waals surface area (Å²) in [7, 11) is 0. The van der Waals surface area contributed by atoms with Crippen molar-refractivity contribution in [2.45, 2.75) is 13.5 Å². The van der Waals surface area contributed by atoms with E-state index in [1.54, 1.807) is 42.5 Å². The second-order valence-electron chi connectivity index (χ2n) is 6.73. The van der Waals surface area contributed by atoms with Crippen LogP contribution in [0.1, 0.15) is 18.1 Å². The molecule has 0 fully saturated rings. The van der Waals surface area contributed by atoms with Crippen LogP contribution in [0.4, 0.5) is 11.4 Å². The number of anilines is 2. The summed E-state index contributed by atoms with van der Waals surface area (Å²) in [5.41, 5.74) is 2.82. The van der Waals surface area contributed by atoms with Gasteiger partial charge in [-0.05, 0) is 53.6 Å². The third-order valence-electron chi connectivity index (χ3n) is 4.25. The normalized spacial score (nSPS) is 10.6. The topological polar surface area (TPSA) is 91.2 Å². The minimum atomic E-state index is -0.523. The maximum absolute atomic E-state index is 12.5. The Hall–Kier alpha value is -4.37. The molecular formula is C25H21N3O3. The van der Waals surface area contributed by atoms with Gasteiger partial charge in [-0.3, -0.25) is 9.59 Å². The number of carbonyl (C=O) groups is 2. The van der Waals surface area contributed by atoms with Crippen LogP contribution >= 0.6 is 0 Å². The first-order valence-electron chi connectivity index (χ1n) is 9.61. The van der Waals surface area contributed by atoms with Crippen LogP contribution < -0.4 is 15.4 Å². The van der Waals surface area contributed by atoms with Gasteiger partial charge in [-0.15, -0.1) is 0 Å². The first-order chi connectivity index (χ1) is 15.0. The number of carbonyl (C=O) groups excluding carboxylic acids is 2. The molecule has 0 aliphatic rings. The van der Waals surface area contributed by atoms with Gasteiger partial charge in [-0.1, -0.05) is 42.5 Å². The van der Waals surface area contributed by atoms with Crippen LogP contribution in [0.3, 0.4) is 0 Å². The van der Waals surface area contributed by atoms with Crippen molar-refractivity contribution in [3.63, 3.8) is 0 Å². The molecule has 0 aromatic heterocycles. The number of nitrogens with zero attached hydrogens (tertiary/aromatic N) is 1. The standard InChI is InChI=1S/C25H21N3O3/c1-18(29)27-22-10-12-23(13-11-22)28-25(30)21(16-26)14-20-8-5-9-24(15-20)31-17-19-6-3-2-4-7-19/h2-15H,17H2,1H3,(H,27,29)(H,28,30)/b21-14+. The first kappa shape index (κ1) is 21.3. The fraction of sp³-hybridized carbons (Fsp3) is 0.0800. The van der Waals surface area contributed by atoms with Crippen LogP contribution in [0, 0.1) is 11.3 Å². The van der Waals surface area contributed by atoms with E-state index in [2.05, 4.69) is 10.6 Å². The van der Waals surface area contributed by atoms with E-state index in [1.165, 1.54) is 13.0 Å². The summed E-state index contributed by atoms with van der Waals surface area (Å²) in [5, 5.41) is 14.8. The van der Waals surface area contributed by atoms with Gasteiger partial charge in [0.05, 0.1) is 0 Å². The Kier molecular flexibility index (Phi) is 7.17. The summed E-state index contributed by atoms with van der Waals surface area (Å²) in [6, 6.07) is 25.6. The predicted molar refractivity (Wildman–Crippen MR) is 120 cm³/mol. The minimum absolute atomic E-state index is 0.0360. The summed E-state index contributed by atoms with van der Waals surface area (Å²) < 4.78 is 5.80. The molecule has 31 heavy (non-hydrogen) atoms. The van der Waals surface area contributed by atoms with Crippen LogP contribution in [-0.4, -0.2) is 11.8 Å². The predicted octanol–water partition coefficient (Wildman–Crippen LogP) is 4.77. The number of nitrogens with one attached hydrogen (secondary N) is 2. The summed E-state index contributed by atoms with van der Waals surface area (Å²) in [5.74, 6) is -0.0595. The molecule has 0 aliphatic carbocycles. The highest BCUT2D eigenvalue weighted by Gasteiger charge is 2.10. The van der Waals surface area contributed by atoms with Gasteiger partial charge in [0.15, 0.2) is 0 Å². The van der Waals surface area contributed by atoms with Crippen molar-refractivity contribution in [1.82, 2.24) is 0 Å². The Labute approximate surface area is 180 Å². The van der Waals surface area contributed by atoms with E-state index in [1.807, 2.05) is 42.5 Å². The highest BCUT2D eigenvalue weighted by Crippen LogP contribution is 2.19. The summed E-state index contributed by atoms with van der Waals surface area (Å²) in [6.07, 6.45) is 1.51. The molecule has 154 valence electrons. The molecular weight excluding hydrogens is 390 g/mol. The molecule has 0 saturated carbocycles. The summed E-state index contributed by atoms with van der Waals surface area (Å²) in [6.45, 7) is 1.84. The highest BCUT2D eigenvalue weighted by molar-refractivity contribution is 6.09. The van der Waals surface area contributed by atoms with Crippen LogP contribution in [0.15, 0.2) is 84.4 Å². The van der Waals surface area contributed by atoms with E-state index in [-0.39, 0.29) is 11.5 Å². The van der Waals surface area contributed by atoms with Gasteiger partial charge in [0.2, 0.25) is 5.91 Å². The van der Waals surface area contributed by atoms with E-state index < -0.39 is 5.91 Å². The van der Waals surface area contributed by atoms with Gasteiger partial charge in [0, 0.05) is 18.3 Å². The second kappa shape index (κ2) is 10.4. The number of benzene rings is 3. The number of hydrogen-bond acceptors (Lipinski definition) is 4. The Morgan fingerprint density at radius 3 is 2.26 bits per heavy atom. The van der Waals surface area contributed by atoms with Crippen molar-refractivity contribution in [1.29, 1.82) is 5.26 Å². The number of amides is 2. The maximum atomic E-state index is 12.5. The molecule has 3 rings (SSSR count). The van der Waals surface area contributed by atoms with Gasteiger partial charge in [-0.25, -0.2) is 0 Å². The summed E-state index contributed by atoms with van der Waals surface area (Å²) >= 11 is 0. The molecule has 0 aliphatic heterocycles. The number of nitriles is 1. The van der Waals surface area contributed by atoms with E-state index >= 15 is 0 Å². The van der Waals surface area contributed by atoms with Gasteiger partial charge in [0.1, 0.15) is 24.0 Å². The minimum Gasteiger partial charge on any atom is -0.489 e. The van der Waals surface area contributed by atoms with E-state index in [9.17, 15) is 14.9 Å². The van der Waals surface area contributed by atoms with Gasteiger partial charge in [-0.2, -0.15) is 5.26 Å². The van der Waals surface area contributed by atoms with Crippen molar-refractivity contribution in [3.8, 4) is 11.8 Å². The number of rotatable bonds is 7. The van der Waals surface area contributed by atoms with Gasteiger partial charge in [0.25, 0.3) is 5.91 Å². The molecule has 2 amide bonds. The van der Waals surface area contributed by atoms with E-state index in [0.29, 0.717) is 29.3 Å². The fourth-order valence-electron chi connectivity index (χ4n) is 2.79. The average Bonchev–Trinajstić information content (AvgIpc) is 2.78. The van der Waals surface area contributed by atoms with E-state index in [4.69, 9.17) is 4.74 Å². The lowest BCUT2D eigenvalue weighted by Gasteiger charge is -2.08. The molecule has 0 saturated heterocycles. The molecule has 0 spiro atoms. The number of ether oxygens (including phenoxy) is 1. The molecule has 0 radical (unpaired) electrons. The molecule has 6 nitrogen and oxygen atoms in total. The Balaban J connectivity index is 1.67. The first-order valence-corrected chi connectivity index (χ1v) is 9.61. The molecule has 6 heteroatoms. The number of hydrogen-bond donors (Lipinski definition) is 2. The molecule has 0 atom stereocenters. The van der Waals surface area contributed by atoms with Crippen LogP contribution in [0.5, 0.6) is 5.75 Å². The fourth-order valence-corrected chi connectivity index (χ4v) is 2.79. The van der Waals surface area contributed by atoms with Gasteiger partial charge >= 0.3 is 0 Å². The van der Waals surface area contributed by atoms with Crippen molar-refractivity contribution < 1.29 is 14.3 Å². The second-order valence-corrected chi connectivity index (χ2v) is 6.73. The SMILES string of the molecule is CC(=O)Nc1ccc(NC(=O)/C(C#N)=C/c2cccc(OCc3ccccc3)c2)cc1. The van der Waals surface area contributed by atoms with Crippen LogP contribution in [-0.2, 0) is 16.2 Å². The quantitative estimate of drug-likeness (QED) is 0.433. The van der Waals surface area contributed by atoms with Crippen LogP contribution in [0.2, 0.25) is 0 Å². The zero-order chi connectivity index (χ0) is 22.1. The zero-order valence-corrected chi connectivity index (χ0v) is 17.0. The van der Waals surface area contributed by atoms with Gasteiger partial charge < -0.3 is 15.4 Å². The van der Waals surface area contributed by atoms with Crippen molar-refractivity contribution >= 4 is 29.3 Å². The molecule has 0 unspecified atom stereocenters. The lowest BCUT2D eigenvalue weighted by molar-refractivity contribution is -0.114. The van der Waals surface area contributed by atoms with Crippen molar-refractivity contribution in [3.05, 3.63) is 95.6 Å². The lowest BCUT2D eigenvalue weighted by atomic mass is 10.1. The summed E-state index contributed by atoms with van der Waals surface area (Å²) in [4.78, 5) is 23.6. The zero-order valence-electron chi connectivity index (χ0n) is 17.0. The Morgan fingerprint density at radius 1 is 0.935 bits per heavy atom. The third kappa shape index (κ3) is 6.58. The van der Waals surface area contributed by atoms with E-state index in [0.717, 1.165) is 5.56 Å². The van der Waals surface area contributed by atoms with Crippen molar-refractivity contribution in [2.75, 3.05) is 10.6 Å². The average molecular weight is 411 g/mol. The maximum Gasteiger partial charge on any atom is 0.266 e. The van der Waals surface area contributed by atoms with Crippen molar-refractivity contribution in [2.24, 2.45) is 0 Å². The largest absolute Gasteiger partial charge is 0.489 e. The molecule has 0 heterocycles. The Bertz CT molecular complexity index is 1130. The third-order valence-corrected chi connectivity index (χ3v) is 4.25. The monoisotopic (exact) mass is 411 g/mol. The highest BCUT2D eigenvalue weighted by atomic mass is 16.5. The van der Waals surface area contributed by atoms with Crippen LogP contribution in [0.25, 0.3) is 6.08 Å². The molecule has 3 aromatic carbocycles. The molecule has 2 N–H and O–H groups in total. The molecule has 0 bridgehead atoms. The Morgan fingerprint density at radius 2 is 1.61 bits per heavy atom. The molecule has 3 aromatic rings. The smallest absolute Gasteiger partial charge is 0.266 e. The lowest BCUT2D eigenvalue weighted by Crippen LogP contribution is -2.13.